The molecular weight excluding hydrogens is 379 g/mol. The largest absolute Gasteiger partial charge is 0.350 e. The van der Waals surface area contributed by atoms with Crippen molar-refractivity contribution in [2.45, 2.75) is 25.9 Å². The van der Waals surface area contributed by atoms with E-state index in [4.69, 9.17) is 11.6 Å². The van der Waals surface area contributed by atoms with Crippen LogP contribution in [0.3, 0.4) is 0 Å². The molecule has 0 saturated heterocycles. The Balaban J connectivity index is 2.29. The Morgan fingerprint density at radius 2 is 1.81 bits per heavy atom. The number of sulfonamides is 1. The van der Waals surface area contributed by atoms with Crippen molar-refractivity contribution in [2.24, 2.45) is 0 Å². The highest BCUT2D eigenvalue weighted by atomic mass is 35.5. The summed E-state index contributed by atoms with van der Waals surface area (Å²) in [7, 11) is -3.88. The quantitative estimate of drug-likeness (QED) is 0.777. The summed E-state index contributed by atoms with van der Waals surface area (Å²) in [6.45, 7) is 1.81. The Hall–Kier alpha value is -2.12. The smallest absolute Gasteiger partial charge is 0.244 e. The summed E-state index contributed by atoms with van der Waals surface area (Å²) in [6, 6.07) is 11.4. The van der Waals surface area contributed by atoms with Crippen LogP contribution >= 0.6 is 11.6 Å². The van der Waals surface area contributed by atoms with Gasteiger partial charge in [-0.1, -0.05) is 48.9 Å². The van der Waals surface area contributed by atoms with Crippen molar-refractivity contribution in [1.29, 1.82) is 0 Å². The van der Waals surface area contributed by atoms with E-state index in [9.17, 15) is 17.6 Å². The number of carbonyl (C=O) groups excluding carboxylic acids is 1. The fourth-order valence-electron chi connectivity index (χ4n) is 2.61. The number of hydrogen-bond acceptors (Lipinski definition) is 3. The van der Waals surface area contributed by atoms with Gasteiger partial charge < -0.3 is 5.32 Å². The molecule has 0 spiro atoms. The van der Waals surface area contributed by atoms with E-state index in [0.29, 0.717) is 10.6 Å². The van der Waals surface area contributed by atoms with Crippen LogP contribution in [0.4, 0.5) is 10.1 Å². The highest BCUT2D eigenvalue weighted by molar-refractivity contribution is 7.92. The van der Waals surface area contributed by atoms with Gasteiger partial charge in [0.25, 0.3) is 0 Å². The second kappa shape index (κ2) is 8.51. The van der Waals surface area contributed by atoms with Crippen molar-refractivity contribution >= 4 is 33.2 Å². The normalized spacial score (nSPS) is 12.5. The molecule has 1 N–H and O–H groups in total. The highest BCUT2D eigenvalue weighted by Gasteiger charge is 2.32. The summed E-state index contributed by atoms with van der Waals surface area (Å²) in [5.41, 5.74) is 0.545. The summed E-state index contributed by atoms with van der Waals surface area (Å²) < 4.78 is 39.6. The molecule has 5 nitrogen and oxygen atoms in total. The average Bonchev–Trinajstić information content (AvgIpc) is 2.58. The van der Waals surface area contributed by atoms with Gasteiger partial charge in [0.15, 0.2) is 0 Å². The van der Waals surface area contributed by atoms with Crippen LogP contribution in [-0.2, 0) is 21.4 Å². The lowest BCUT2D eigenvalue weighted by molar-refractivity contribution is -0.122. The number of hydrogen-bond donors (Lipinski definition) is 1. The van der Waals surface area contributed by atoms with Crippen LogP contribution in [-0.4, -0.2) is 26.6 Å². The van der Waals surface area contributed by atoms with Gasteiger partial charge in [0.2, 0.25) is 15.9 Å². The molecule has 1 amide bonds. The van der Waals surface area contributed by atoms with Crippen LogP contribution < -0.4 is 9.62 Å². The monoisotopic (exact) mass is 398 g/mol. The maximum Gasteiger partial charge on any atom is 0.244 e. The van der Waals surface area contributed by atoms with Crippen molar-refractivity contribution in [3.8, 4) is 0 Å². The molecule has 2 aromatic carbocycles. The minimum atomic E-state index is -3.88. The molecule has 1 atom stereocenters. The molecule has 0 aliphatic rings. The van der Waals surface area contributed by atoms with Gasteiger partial charge in [-0.05, 0) is 30.2 Å². The van der Waals surface area contributed by atoms with Crippen LogP contribution in [0.5, 0.6) is 0 Å². The van der Waals surface area contributed by atoms with Crippen molar-refractivity contribution < 1.29 is 17.6 Å². The first kappa shape index (κ1) is 20.2. The van der Waals surface area contributed by atoms with Gasteiger partial charge >= 0.3 is 0 Å². The maximum absolute atomic E-state index is 14.2. The Kier molecular flexibility index (Phi) is 6.61. The lowest BCUT2D eigenvalue weighted by Crippen LogP contribution is -2.49. The Bertz CT molecular complexity index is 890. The fraction of sp³-hybridized carbons (Fsp3) is 0.278. The third kappa shape index (κ3) is 4.74. The number of benzene rings is 2. The first-order valence-electron chi connectivity index (χ1n) is 8.00. The lowest BCUT2D eigenvalue weighted by atomic mass is 10.1. The minimum Gasteiger partial charge on any atom is -0.350 e. The van der Waals surface area contributed by atoms with E-state index in [1.807, 2.05) is 0 Å². The molecular formula is C18H20ClFN2O3S. The first-order valence-corrected chi connectivity index (χ1v) is 10.2. The second-order valence-corrected chi connectivity index (χ2v) is 8.01. The van der Waals surface area contributed by atoms with Crippen LogP contribution in [0, 0.1) is 5.82 Å². The molecule has 2 aromatic rings. The van der Waals surface area contributed by atoms with Gasteiger partial charge in [0.05, 0.1) is 11.9 Å². The van der Waals surface area contributed by atoms with E-state index in [0.717, 1.165) is 16.6 Å². The molecule has 8 heteroatoms. The van der Waals surface area contributed by atoms with E-state index in [-0.39, 0.29) is 18.7 Å². The van der Waals surface area contributed by atoms with Crippen LogP contribution in [0.15, 0.2) is 48.5 Å². The van der Waals surface area contributed by atoms with Gasteiger partial charge in [-0.3, -0.25) is 9.10 Å². The third-order valence-corrected chi connectivity index (χ3v) is 5.37. The fourth-order valence-corrected chi connectivity index (χ4v) is 4.02. The zero-order valence-electron chi connectivity index (χ0n) is 14.4. The zero-order valence-corrected chi connectivity index (χ0v) is 16.0. The molecule has 0 aliphatic heterocycles. The Morgan fingerprint density at radius 3 is 2.38 bits per heavy atom. The molecule has 0 aliphatic carbocycles. The molecule has 0 saturated carbocycles. The third-order valence-electron chi connectivity index (χ3n) is 3.83. The molecule has 0 aromatic heterocycles. The molecule has 0 radical (unpaired) electrons. The van der Waals surface area contributed by atoms with Crippen molar-refractivity contribution in [1.82, 2.24) is 5.32 Å². The molecule has 140 valence electrons. The average molecular weight is 399 g/mol. The predicted molar refractivity (Wildman–Crippen MR) is 101 cm³/mol. The topological polar surface area (TPSA) is 66.5 Å². The van der Waals surface area contributed by atoms with Crippen LogP contribution in [0.25, 0.3) is 0 Å². The zero-order chi connectivity index (χ0) is 19.3. The second-order valence-electron chi connectivity index (χ2n) is 5.74. The number of anilines is 1. The summed E-state index contributed by atoms with van der Waals surface area (Å²) >= 11 is 6.07. The number of halogens is 2. The van der Waals surface area contributed by atoms with Crippen molar-refractivity contribution in [3.63, 3.8) is 0 Å². The van der Waals surface area contributed by atoms with Crippen molar-refractivity contribution in [2.75, 3.05) is 10.6 Å². The first-order chi connectivity index (χ1) is 12.3. The van der Waals surface area contributed by atoms with Gasteiger partial charge in [-0.25, -0.2) is 12.8 Å². The van der Waals surface area contributed by atoms with E-state index >= 15 is 0 Å². The Morgan fingerprint density at radius 1 is 1.19 bits per heavy atom. The van der Waals surface area contributed by atoms with Gasteiger partial charge in [-0.2, -0.15) is 0 Å². The summed E-state index contributed by atoms with van der Waals surface area (Å²) in [5.74, 6) is -1.24. The van der Waals surface area contributed by atoms with E-state index < -0.39 is 27.8 Å². The van der Waals surface area contributed by atoms with Crippen LogP contribution in [0.1, 0.15) is 18.9 Å². The number of para-hydroxylation sites is 1. The van der Waals surface area contributed by atoms with E-state index in [1.165, 1.54) is 18.2 Å². The number of carbonyl (C=O) groups is 1. The van der Waals surface area contributed by atoms with Gasteiger partial charge in [0.1, 0.15) is 11.9 Å². The van der Waals surface area contributed by atoms with Crippen molar-refractivity contribution in [3.05, 3.63) is 64.9 Å². The molecule has 1 unspecified atom stereocenters. The molecule has 2 rings (SSSR count). The summed E-state index contributed by atoms with van der Waals surface area (Å²) in [5, 5.41) is 3.18. The van der Waals surface area contributed by atoms with E-state index in [2.05, 4.69) is 5.32 Å². The molecule has 0 heterocycles. The lowest BCUT2D eigenvalue weighted by Gasteiger charge is -2.30. The Labute approximate surface area is 157 Å². The van der Waals surface area contributed by atoms with Gasteiger partial charge in [-0.15, -0.1) is 0 Å². The molecule has 26 heavy (non-hydrogen) atoms. The SMILES string of the molecule is CCC(C(=O)NCc1ccccc1Cl)N(c1ccccc1F)S(C)(=O)=O. The number of nitrogens with one attached hydrogen (secondary N) is 1. The predicted octanol–water partition coefficient (Wildman–Crippen LogP) is 3.34. The van der Waals surface area contributed by atoms with E-state index in [1.54, 1.807) is 31.2 Å². The number of amides is 1. The number of nitrogens with zero attached hydrogens (tertiary/aromatic N) is 1. The summed E-state index contributed by atoms with van der Waals surface area (Å²) in [4.78, 5) is 12.6. The minimum absolute atomic E-state index is 0.143. The maximum atomic E-state index is 14.2. The standard InChI is InChI=1S/C18H20ClFN2O3S/c1-3-16(18(23)21-12-13-8-4-5-9-14(13)19)22(26(2,24)25)17-11-7-6-10-15(17)20/h4-11,16H,3,12H2,1-2H3,(H,21,23). The number of rotatable bonds is 7. The highest BCUT2D eigenvalue weighted by Crippen LogP contribution is 2.25. The molecule has 0 bridgehead atoms. The van der Waals surface area contributed by atoms with Crippen LogP contribution in [0.2, 0.25) is 5.02 Å². The summed E-state index contributed by atoms with van der Waals surface area (Å²) in [6.07, 6.45) is 1.12. The molecule has 0 fully saturated rings. The van der Waals surface area contributed by atoms with Gasteiger partial charge in [0, 0.05) is 11.6 Å².